The molecule has 0 aromatic heterocycles. The summed E-state index contributed by atoms with van der Waals surface area (Å²) in [5, 5.41) is 3.32. The summed E-state index contributed by atoms with van der Waals surface area (Å²) in [6, 6.07) is 0.241. The number of piperidine rings is 1. The van der Waals surface area contributed by atoms with E-state index >= 15 is 0 Å². The quantitative estimate of drug-likeness (QED) is 0.778. The predicted molar refractivity (Wildman–Crippen MR) is 73.3 cm³/mol. The molecule has 0 radical (unpaired) electrons. The number of rotatable bonds is 4. The first-order valence-electron chi connectivity index (χ1n) is 7.37. The molecular weight excluding hydrogens is 242 g/mol. The van der Waals surface area contributed by atoms with Gasteiger partial charge in [-0.1, -0.05) is 0 Å². The zero-order valence-electron chi connectivity index (χ0n) is 11.7. The van der Waals surface area contributed by atoms with Gasteiger partial charge in [0.15, 0.2) is 0 Å². The van der Waals surface area contributed by atoms with Crippen molar-refractivity contribution in [2.24, 2.45) is 17.6 Å². The van der Waals surface area contributed by atoms with Gasteiger partial charge in [0.1, 0.15) is 0 Å². The Morgan fingerprint density at radius 2 is 2.11 bits per heavy atom. The molecular formula is C14H25N3O2. The van der Waals surface area contributed by atoms with E-state index in [-0.39, 0.29) is 23.8 Å². The third-order valence-electron chi connectivity index (χ3n) is 4.53. The van der Waals surface area contributed by atoms with E-state index in [0.29, 0.717) is 18.9 Å². The van der Waals surface area contributed by atoms with Gasteiger partial charge in [-0.3, -0.25) is 9.59 Å². The van der Waals surface area contributed by atoms with Gasteiger partial charge in [0.05, 0.1) is 5.92 Å². The van der Waals surface area contributed by atoms with Crippen molar-refractivity contribution in [2.75, 3.05) is 19.6 Å². The summed E-state index contributed by atoms with van der Waals surface area (Å²) < 4.78 is 0. The van der Waals surface area contributed by atoms with E-state index in [1.807, 2.05) is 4.90 Å². The van der Waals surface area contributed by atoms with E-state index in [2.05, 4.69) is 12.2 Å². The van der Waals surface area contributed by atoms with Crippen molar-refractivity contribution in [3.8, 4) is 0 Å². The van der Waals surface area contributed by atoms with Crippen LogP contribution in [0.1, 0.15) is 39.0 Å². The minimum atomic E-state index is -0.273. The van der Waals surface area contributed by atoms with E-state index < -0.39 is 0 Å². The van der Waals surface area contributed by atoms with Crippen LogP contribution in [-0.2, 0) is 9.59 Å². The van der Waals surface area contributed by atoms with Crippen LogP contribution >= 0.6 is 0 Å². The number of carbonyl (C=O) groups is 2. The summed E-state index contributed by atoms with van der Waals surface area (Å²) >= 11 is 0. The Hall–Kier alpha value is -1.10. The second kappa shape index (κ2) is 6.37. The molecule has 19 heavy (non-hydrogen) atoms. The smallest absolute Gasteiger partial charge is 0.222 e. The van der Waals surface area contributed by atoms with E-state index in [1.165, 1.54) is 6.42 Å². The van der Waals surface area contributed by atoms with Crippen LogP contribution in [-0.4, -0.2) is 42.4 Å². The maximum atomic E-state index is 12.3. The molecule has 5 heteroatoms. The van der Waals surface area contributed by atoms with E-state index in [4.69, 9.17) is 5.73 Å². The SMILES string of the molecule is CC1CCC(C(N)=O)CN1C(=O)CCC1CCNC1. The van der Waals surface area contributed by atoms with Crippen LogP contribution in [0.3, 0.4) is 0 Å². The highest BCUT2D eigenvalue weighted by Gasteiger charge is 2.31. The van der Waals surface area contributed by atoms with Crippen molar-refractivity contribution in [3.63, 3.8) is 0 Å². The molecule has 3 atom stereocenters. The summed E-state index contributed by atoms with van der Waals surface area (Å²) in [5.74, 6) is 0.388. The number of hydrogen-bond acceptors (Lipinski definition) is 3. The highest BCUT2D eigenvalue weighted by atomic mass is 16.2. The molecule has 2 fully saturated rings. The van der Waals surface area contributed by atoms with Crippen LogP contribution in [0.5, 0.6) is 0 Å². The first kappa shape index (κ1) is 14.3. The Labute approximate surface area is 114 Å². The molecule has 0 aromatic carbocycles. The Kier molecular flexibility index (Phi) is 4.80. The fourth-order valence-electron chi connectivity index (χ4n) is 3.12. The average Bonchev–Trinajstić information content (AvgIpc) is 2.89. The highest BCUT2D eigenvalue weighted by molar-refractivity contribution is 5.80. The number of carbonyl (C=O) groups excluding carboxylic acids is 2. The van der Waals surface area contributed by atoms with Crippen LogP contribution in [0.4, 0.5) is 0 Å². The lowest BCUT2D eigenvalue weighted by Crippen LogP contribution is -2.48. The Morgan fingerprint density at radius 1 is 1.32 bits per heavy atom. The molecule has 108 valence electrons. The standard InChI is InChI=1S/C14H25N3O2/c1-10-2-4-12(14(15)19)9-17(10)13(18)5-3-11-6-7-16-8-11/h10-12,16H,2-9H2,1H3,(H2,15,19). The largest absolute Gasteiger partial charge is 0.369 e. The number of likely N-dealkylation sites (tertiary alicyclic amines) is 1. The summed E-state index contributed by atoms with van der Waals surface area (Å²) in [6.45, 7) is 4.68. The van der Waals surface area contributed by atoms with Gasteiger partial charge in [-0.25, -0.2) is 0 Å². The fourth-order valence-corrected chi connectivity index (χ4v) is 3.12. The molecule has 2 heterocycles. The molecule has 0 aromatic rings. The van der Waals surface area contributed by atoms with E-state index in [1.54, 1.807) is 0 Å². The molecule has 2 amide bonds. The number of amides is 2. The van der Waals surface area contributed by atoms with Gasteiger partial charge < -0.3 is 16.0 Å². The van der Waals surface area contributed by atoms with Gasteiger partial charge in [0.25, 0.3) is 0 Å². The maximum Gasteiger partial charge on any atom is 0.222 e. The number of nitrogens with zero attached hydrogens (tertiary/aromatic N) is 1. The summed E-state index contributed by atoms with van der Waals surface area (Å²) in [6.07, 6.45) is 4.42. The topological polar surface area (TPSA) is 75.4 Å². The lowest BCUT2D eigenvalue weighted by atomic mass is 9.92. The number of nitrogens with two attached hydrogens (primary N) is 1. The number of hydrogen-bond donors (Lipinski definition) is 2. The second-order valence-corrected chi connectivity index (χ2v) is 5.97. The second-order valence-electron chi connectivity index (χ2n) is 5.97. The van der Waals surface area contributed by atoms with Crippen LogP contribution in [0, 0.1) is 11.8 Å². The van der Waals surface area contributed by atoms with Gasteiger partial charge in [-0.05, 0) is 51.6 Å². The van der Waals surface area contributed by atoms with Crippen molar-refractivity contribution in [1.29, 1.82) is 0 Å². The average molecular weight is 267 g/mol. The van der Waals surface area contributed by atoms with Crippen LogP contribution in [0.25, 0.3) is 0 Å². The molecule has 2 saturated heterocycles. The lowest BCUT2D eigenvalue weighted by molar-refractivity contribution is -0.137. The zero-order valence-corrected chi connectivity index (χ0v) is 11.7. The normalized spacial score (nSPS) is 31.4. The first-order valence-corrected chi connectivity index (χ1v) is 7.37. The van der Waals surface area contributed by atoms with Gasteiger partial charge in [-0.2, -0.15) is 0 Å². The summed E-state index contributed by atoms with van der Waals surface area (Å²) in [5.41, 5.74) is 5.36. The first-order chi connectivity index (χ1) is 9.08. The van der Waals surface area contributed by atoms with Crippen molar-refractivity contribution in [2.45, 2.75) is 45.1 Å². The molecule has 0 aliphatic carbocycles. The molecule has 0 saturated carbocycles. The number of nitrogens with one attached hydrogen (secondary N) is 1. The molecule has 2 aliphatic rings. The minimum Gasteiger partial charge on any atom is -0.369 e. The van der Waals surface area contributed by atoms with Crippen LogP contribution in [0.2, 0.25) is 0 Å². The van der Waals surface area contributed by atoms with E-state index in [0.717, 1.165) is 32.4 Å². The minimum absolute atomic E-state index is 0.159. The summed E-state index contributed by atoms with van der Waals surface area (Å²) in [7, 11) is 0. The van der Waals surface area contributed by atoms with Crippen molar-refractivity contribution in [3.05, 3.63) is 0 Å². The van der Waals surface area contributed by atoms with Gasteiger partial charge in [0, 0.05) is 19.0 Å². The maximum absolute atomic E-state index is 12.3. The van der Waals surface area contributed by atoms with Crippen molar-refractivity contribution < 1.29 is 9.59 Å². The zero-order chi connectivity index (χ0) is 13.8. The molecule has 0 bridgehead atoms. The molecule has 0 spiro atoms. The fraction of sp³-hybridized carbons (Fsp3) is 0.857. The lowest BCUT2D eigenvalue weighted by Gasteiger charge is -2.37. The van der Waals surface area contributed by atoms with Crippen molar-refractivity contribution in [1.82, 2.24) is 10.2 Å². The molecule has 3 unspecified atom stereocenters. The summed E-state index contributed by atoms with van der Waals surface area (Å²) in [4.78, 5) is 25.4. The molecule has 2 aliphatic heterocycles. The van der Waals surface area contributed by atoms with Gasteiger partial charge in [-0.15, -0.1) is 0 Å². The molecule has 3 N–H and O–H groups in total. The monoisotopic (exact) mass is 267 g/mol. The Morgan fingerprint density at radius 3 is 2.74 bits per heavy atom. The van der Waals surface area contributed by atoms with Gasteiger partial charge in [0.2, 0.25) is 11.8 Å². The molecule has 2 rings (SSSR count). The van der Waals surface area contributed by atoms with Crippen LogP contribution < -0.4 is 11.1 Å². The Balaban J connectivity index is 1.83. The van der Waals surface area contributed by atoms with E-state index in [9.17, 15) is 9.59 Å². The van der Waals surface area contributed by atoms with Crippen molar-refractivity contribution >= 4 is 11.8 Å². The third-order valence-corrected chi connectivity index (χ3v) is 4.53. The predicted octanol–water partition coefficient (Wildman–Crippen LogP) is 0.489. The number of primary amides is 1. The Bertz CT molecular complexity index is 340. The van der Waals surface area contributed by atoms with Crippen LogP contribution in [0.15, 0.2) is 0 Å². The highest BCUT2D eigenvalue weighted by Crippen LogP contribution is 2.23. The molecule has 5 nitrogen and oxygen atoms in total. The third kappa shape index (κ3) is 3.69. The van der Waals surface area contributed by atoms with Gasteiger partial charge >= 0.3 is 0 Å².